The molecule has 1 aromatic carbocycles. The lowest BCUT2D eigenvalue weighted by Gasteiger charge is -2.04. The summed E-state index contributed by atoms with van der Waals surface area (Å²) in [5.74, 6) is 0. The van der Waals surface area contributed by atoms with Crippen LogP contribution in [0.5, 0.6) is 0 Å². The van der Waals surface area contributed by atoms with Crippen LogP contribution in [0, 0.1) is 34.0 Å². The average Bonchev–Trinajstić information content (AvgIpc) is 2.29. The van der Waals surface area contributed by atoms with Crippen LogP contribution in [0.3, 0.4) is 0 Å². The standard InChI is InChI=1S/C11H5BrN4/c12-9-2-1-3-10(4-9)16-11(7-15)8(5-13)6-14/h1-4,16H. The Kier molecular flexibility index (Phi) is 4.09. The maximum Gasteiger partial charge on any atom is 0.163 e. The van der Waals surface area contributed by atoms with E-state index in [1.165, 1.54) is 0 Å². The van der Waals surface area contributed by atoms with Crippen LogP contribution < -0.4 is 5.32 Å². The average molecular weight is 273 g/mol. The van der Waals surface area contributed by atoms with E-state index in [0.29, 0.717) is 5.69 Å². The quantitative estimate of drug-likeness (QED) is 0.839. The number of hydrogen-bond donors (Lipinski definition) is 1. The monoisotopic (exact) mass is 272 g/mol. The fraction of sp³-hybridized carbons (Fsp3) is 0. The summed E-state index contributed by atoms with van der Waals surface area (Å²) in [6.07, 6.45) is 0. The zero-order valence-electron chi connectivity index (χ0n) is 8.03. The van der Waals surface area contributed by atoms with E-state index < -0.39 is 0 Å². The van der Waals surface area contributed by atoms with Crippen LogP contribution in [0.25, 0.3) is 0 Å². The lowest BCUT2D eigenvalue weighted by molar-refractivity contribution is 1.37. The molecule has 1 N–H and O–H groups in total. The molecule has 0 spiro atoms. The topological polar surface area (TPSA) is 83.4 Å². The van der Waals surface area contributed by atoms with Crippen LogP contribution in [0.2, 0.25) is 0 Å². The minimum Gasteiger partial charge on any atom is -0.345 e. The first kappa shape index (κ1) is 11.8. The molecular weight excluding hydrogens is 268 g/mol. The molecule has 0 unspecified atom stereocenters. The van der Waals surface area contributed by atoms with Crippen LogP contribution in [0.15, 0.2) is 40.0 Å². The lowest BCUT2D eigenvalue weighted by Crippen LogP contribution is -2.00. The van der Waals surface area contributed by atoms with Crippen molar-refractivity contribution in [2.24, 2.45) is 0 Å². The fourth-order valence-electron chi connectivity index (χ4n) is 0.994. The lowest BCUT2D eigenvalue weighted by atomic mass is 10.2. The molecule has 0 aromatic heterocycles. The van der Waals surface area contributed by atoms with Crippen molar-refractivity contribution in [3.05, 3.63) is 40.0 Å². The Labute approximate surface area is 101 Å². The van der Waals surface area contributed by atoms with Gasteiger partial charge < -0.3 is 5.32 Å². The van der Waals surface area contributed by atoms with Crippen molar-refractivity contribution in [3.63, 3.8) is 0 Å². The molecule has 1 aromatic rings. The summed E-state index contributed by atoms with van der Waals surface area (Å²) >= 11 is 3.28. The van der Waals surface area contributed by atoms with Crippen LogP contribution >= 0.6 is 15.9 Å². The minimum absolute atomic E-state index is 0.0527. The molecular formula is C11H5BrN4. The van der Waals surface area contributed by atoms with Crippen molar-refractivity contribution in [1.29, 1.82) is 15.8 Å². The summed E-state index contributed by atoms with van der Waals surface area (Å²) < 4.78 is 0.838. The molecule has 0 aliphatic rings. The van der Waals surface area contributed by atoms with E-state index in [9.17, 15) is 0 Å². The second kappa shape index (κ2) is 5.56. The first-order valence-electron chi connectivity index (χ1n) is 4.18. The first-order valence-corrected chi connectivity index (χ1v) is 4.97. The summed E-state index contributed by atoms with van der Waals surface area (Å²) in [5.41, 5.74) is 0.347. The third-order valence-corrected chi connectivity index (χ3v) is 2.17. The summed E-state index contributed by atoms with van der Waals surface area (Å²) in [6.45, 7) is 0. The van der Waals surface area contributed by atoms with E-state index in [1.807, 2.05) is 6.07 Å². The van der Waals surface area contributed by atoms with E-state index in [-0.39, 0.29) is 11.3 Å². The van der Waals surface area contributed by atoms with Gasteiger partial charge in [0.15, 0.2) is 5.57 Å². The van der Waals surface area contributed by atoms with Gasteiger partial charge in [-0.25, -0.2) is 0 Å². The number of rotatable bonds is 2. The van der Waals surface area contributed by atoms with Gasteiger partial charge in [-0.1, -0.05) is 22.0 Å². The summed E-state index contributed by atoms with van der Waals surface area (Å²) in [7, 11) is 0. The van der Waals surface area contributed by atoms with Gasteiger partial charge in [0.2, 0.25) is 0 Å². The van der Waals surface area contributed by atoms with Gasteiger partial charge in [-0.3, -0.25) is 0 Å². The third-order valence-electron chi connectivity index (χ3n) is 1.68. The second-order valence-corrected chi connectivity index (χ2v) is 3.64. The molecule has 1 rings (SSSR count). The molecule has 0 amide bonds. The Bertz CT molecular complexity index is 539. The number of allylic oxidation sites excluding steroid dienone is 2. The highest BCUT2D eigenvalue weighted by atomic mass is 79.9. The fourth-order valence-corrected chi connectivity index (χ4v) is 1.39. The van der Waals surface area contributed by atoms with E-state index in [0.717, 1.165) is 4.47 Å². The highest BCUT2D eigenvalue weighted by Crippen LogP contribution is 2.17. The molecule has 0 heterocycles. The van der Waals surface area contributed by atoms with Crippen LogP contribution in [-0.2, 0) is 0 Å². The van der Waals surface area contributed by atoms with Crippen molar-refractivity contribution >= 4 is 21.6 Å². The summed E-state index contributed by atoms with van der Waals surface area (Å²) in [6, 6.07) is 12.2. The van der Waals surface area contributed by atoms with Gasteiger partial charge in [-0.05, 0) is 18.2 Å². The number of anilines is 1. The van der Waals surface area contributed by atoms with Crippen LogP contribution in [-0.4, -0.2) is 0 Å². The maximum atomic E-state index is 8.80. The normalized spacial score (nSPS) is 8.12. The third kappa shape index (κ3) is 2.85. The molecule has 0 aliphatic carbocycles. The van der Waals surface area contributed by atoms with Crippen LogP contribution in [0.1, 0.15) is 0 Å². The summed E-state index contributed by atoms with van der Waals surface area (Å²) in [4.78, 5) is 0. The van der Waals surface area contributed by atoms with E-state index in [4.69, 9.17) is 15.8 Å². The minimum atomic E-state index is -0.234. The summed E-state index contributed by atoms with van der Waals surface area (Å²) in [5, 5.41) is 28.8. The van der Waals surface area contributed by atoms with Crippen molar-refractivity contribution in [1.82, 2.24) is 0 Å². The van der Waals surface area contributed by atoms with Gasteiger partial charge in [0, 0.05) is 10.2 Å². The molecule has 0 bridgehead atoms. The van der Waals surface area contributed by atoms with Gasteiger partial charge in [-0.15, -0.1) is 0 Å². The van der Waals surface area contributed by atoms with E-state index in [1.54, 1.807) is 36.4 Å². The number of nitriles is 3. The highest BCUT2D eigenvalue weighted by molar-refractivity contribution is 9.10. The molecule has 0 fully saturated rings. The van der Waals surface area contributed by atoms with Gasteiger partial charge in [0.05, 0.1) is 0 Å². The number of hydrogen-bond acceptors (Lipinski definition) is 4. The molecule has 5 heteroatoms. The number of benzene rings is 1. The Morgan fingerprint density at radius 1 is 1.12 bits per heavy atom. The number of nitrogens with one attached hydrogen (secondary N) is 1. The van der Waals surface area contributed by atoms with Gasteiger partial charge in [-0.2, -0.15) is 15.8 Å². The smallest absolute Gasteiger partial charge is 0.163 e. The van der Waals surface area contributed by atoms with Gasteiger partial charge in [0.25, 0.3) is 0 Å². The van der Waals surface area contributed by atoms with Crippen molar-refractivity contribution in [2.45, 2.75) is 0 Å². The number of halogens is 1. The maximum absolute atomic E-state index is 8.80. The molecule has 0 aliphatic heterocycles. The van der Waals surface area contributed by atoms with Crippen LogP contribution in [0.4, 0.5) is 5.69 Å². The molecule has 0 radical (unpaired) electrons. The van der Waals surface area contributed by atoms with Gasteiger partial charge >= 0.3 is 0 Å². The Morgan fingerprint density at radius 3 is 2.31 bits per heavy atom. The molecule has 4 nitrogen and oxygen atoms in total. The van der Waals surface area contributed by atoms with E-state index in [2.05, 4.69) is 21.2 Å². The highest BCUT2D eigenvalue weighted by Gasteiger charge is 2.05. The van der Waals surface area contributed by atoms with Gasteiger partial charge in [0.1, 0.15) is 23.9 Å². The molecule has 0 atom stereocenters. The zero-order chi connectivity index (χ0) is 12.0. The Morgan fingerprint density at radius 2 is 1.81 bits per heavy atom. The Hall–Kier alpha value is -2.29. The van der Waals surface area contributed by atoms with Crippen molar-refractivity contribution in [2.75, 3.05) is 5.32 Å². The molecule has 16 heavy (non-hydrogen) atoms. The second-order valence-electron chi connectivity index (χ2n) is 2.72. The molecule has 0 saturated carbocycles. The first-order chi connectivity index (χ1) is 7.71. The van der Waals surface area contributed by atoms with Crippen molar-refractivity contribution in [3.8, 4) is 18.2 Å². The number of nitrogens with zero attached hydrogens (tertiary/aromatic N) is 3. The SMILES string of the molecule is N#CC(C#N)=C(C#N)Nc1cccc(Br)c1. The zero-order valence-corrected chi connectivity index (χ0v) is 9.62. The largest absolute Gasteiger partial charge is 0.345 e. The van der Waals surface area contributed by atoms with E-state index >= 15 is 0 Å². The molecule has 0 saturated heterocycles. The predicted octanol–water partition coefficient (Wildman–Crippen LogP) is 2.69. The Balaban J connectivity index is 3.07. The predicted molar refractivity (Wildman–Crippen MR) is 61.6 cm³/mol. The molecule has 76 valence electrons. The van der Waals surface area contributed by atoms with Crippen molar-refractivity contribution < 1.29 is 0 Å².